The van der Waals surface area contributed by atoms with Gasteiger partial charge in [-0.25, -0.2) is 4.68 Å². The molecule has 28 heavy (non-hydrogen) atoms. The number of pyridine rings is 1. The number of carbonyl (C=O) groups is 1. The molecule has 2 aromatic rings. The van der Waals surface area contributed by atoms with E-state index in [0.29, 0.717) is 19.5 Å². The number of nitrogens with zero attached hydrogens (tertiary/aromatic N) is 7. The maximum Gasteiger partial charge on any atom is 0.222 e. The van der Waals surface area contributed by atoms with E-state index in [4.69, 9.17) is 0 Å². The summed E-state index contributed by atoms with van der Waals surface area (Å²) in [5, 5.41) is 12.1. The molecule has 0 saturated carbocycles. The van der Waals surface area contributed by atoms with Crippen molar-refractivity contribution in [3.05, 3.63) is 35.4 Å². The Labute approximate surface area is 166 Å². The van der Waals surface area contributed by atoms with Crippen molar-refractivity contribution in [1.82, 2.24) is 35.0 Å². The number of aromatic nitrogens is 5. The van der Waals surface area contributed by atoms with Gasteiger partial charge in [-0.15, -0.1) is 5.10 Å². The molecule has 1 amide bonds. The van der Waals surface area contributed by atoms with E-state index in [0.717, 1.165) is 48.9 Å². The molecule has 8 heteroatoms. The van der Waals surface area contributed by atoms with Crippen molar-refractivity contribution in [2.45, 2.75) is 59.2 Å². The highest BCUT2D eigenvalue weighted by molar-refractivity contribution is 5.75. The lowest BCUT2D eigenvalue weighted by atomic mass is 9.99. The average Bonchev–Trinajstić information content (AvgIpc) is 3.12. The lowest BCUT2D eigenvalue weighted by Gasteiger charge is -2.29. The highest BCUT2D eigenvalue weighted by atomic mass is 16.2. The number of piperidine rings is 1. The van der Waals surface area contributed by atoms with E-state index in [-0.39, 0.29) is 5.91 Å². The molecule has 0 radical (unpaired) electrons. The van der Waals surface area contributed by atoms with Gasteiger partial charge in [0, 0.05) is 39.0 Å². The summed E-state index contributed by atoms with van der Waals surface area (Å²) in [4.78, 5) is 20.8. The summed E-state index contributed by atoms with van der Waals surface area (Å²) >= 11 is 0. The quantitative estimate of drug-likeness (QED) is 0.692. The van der Waals surface area contributed by atoms with Gasteiger partial charge >= 0.3 is 0 Å². The van der Waals surface area contributed by atoms with Crippen molar-refractivity contribution in [2.75, 3.05) is 20.1 Å². The molecule has 1 aliphatic rings. The Kier molecular flexibility index (Phi) is 7.08. The summed E-state index contributed by atoms with van der Waals surface area (Å²) in [6.45, 7) is 8.60. The number of hydrogen-bond donors (Lipinski definition) is 0. The van der Waals surface area contributed by atoms with Crippen molar-refractivity contribution in [2.24, 2.45) is 5.92 Å². The molecule has 0 unspecified atom stereocenters. The molecule has 1 saturated heterocycles. The molecule has 0 bridgehead atoms. The zero-order valence-corrected chi connectivity index (χ0v) is 17.2. The predicted octanol–water partition coefficient (Wildman–Crippen LogP) is 2.05. The van der Waals surface area contributed by atoms with E-state index >= 15 is 0 Å². The van der Waals surface area contributed by atoms with Crippen LogP contribution in [0.2, 0.25) is 0 Å². The third-order valence-corrected chi connectivity index (χ3v) is 5.58. The van der Waals surface area contributed by atoms with Crippen molar-refractivity contribution in [3.63, 3.8) is 0 Å². The maximum atomic E-state index is 12.5. The summed E-state index contributed by atoms with van der Waals surface area (Å²) in [7, 11) is 1.85. The first-order valence-electron chi connectivity index (χ1n) is 10.1. The van der Waals surface area contributed by atoms with Gasteiger partial charge < -0.3 is 4.90 Å². The molecule has 3 heterocycles. The number of amides is 1. The minimum atomic E-state index is 0.135. The van der Waals surface area contributed by atoms with Gasteiger partial charge in [-0.05, 0) is 72.8 Å². The predicted molar refractivity (Wildman–Crippen MR) is 106 cm³/mol. The lowest BCUT2D eigenvalue weighted by molar-refractivity contribution is -0.130. The van der Waals surface area contributed by atoms with Crippen LogP contribution < -0.4 is 0 Å². The van der Waals surface area contributed by atoms with Gasteiger partial charge in [0.2, 0.25) is 5.91 Å². The van der Waals surface area contributed by atoms with Crippen molar-refractivity contribution in [1.29, 1.82) is 0 Å². The molecule has 0 N–H and O–H groups in total. The standard InChI is InChI=1S/C20H31N7O/c1-16-7-11-26(12-8-16)15-19-22-23-24-27(19)10-4-5-20(28)25(3)14-18-6-9-21-13-17(18)2/h6,9,13,16H,4-5,7-8,10-12,14-15H2,1-3H3. The second kappa shape index (κ2) is 9.73. The first-order chi connectivity index (χ1) is 13.5. The summed E-state index contributed by atoms with van der Waals surface area (Å²) in [6.07, 6.45) is 7.28. The third-order valence-electron chi connectivity index (χ3n) is 5.58. The summed E-state index contributed by atoms with van der Waals surface area (Å²) in [5.74, 6) is 1.84. The molecule has 8 nitrogen and oxygen atoms in total. The SMILES string of the molecule is Cc1cnccc1CN(C)C(=O)CCCn1nnnc1CN1CCC(C)CC1. The Morgan fingerprint density at radius 2 is 2.11 bits per heavy atom. The number of aryl methyl sites for hydroxylation is 2. The van der Waals surface area contributed by atoms with Crippen molar-refractivity contribution >= 4 is 5.91 Å². The molecule has 0 spiro atoms. The minimum Gasteiger partial charge on any atom is -0.341 e. The number of rotatable bonds is 8. The van der Waals surface area contributed by atoms with E-state index in [1.54, 1.807) is 11.1 Å². The van der Waals surface area contributed by atoms with Crippen LogP contribution in [0.1, 0.15) is 49.6 Å². The van der Waals surface area contributed by atoms with Crippen LogP contribution in [0.25, 0.3) is 0 Å². The Morgan fingerprint density at radius 1 is 1.32 bits per heavy atom. The third kappa shape index (κ3) is 5.58. The Morgan fingerprint density at radius 3 is 2.86 bits per heavy atom. The summed E-state index contributed by atoms with van der Waals surface area (Å²) in [5.41, 5.74) is 2.23. The summed E-state index contributed by atoms with van der Waals surface area (Å²) in [6, 6.07) is 1.97. The number of tetrazole rings is 1. The van der Waals surface area contributed by atoms with Crippen LogP contribution in [0.5, 0.6) is 0 Å². The highest BCUT2D eigenvalue weighted by Gasteiger charge is 2.18. The normalized spacial score (nSPS) is 15.7. The van der Waals surface area contributed by atoms with Crippen LogP contribution in [0, 0.1) is 12.8 Å². The second-order valence-corrected chi connectivity index (χ2v) is 7.93. The number of carbonyl (C=O) groups excluding carboxylic acids is 1. The van der Waals surface area contributed by atoms with E-state index in [1.807, 2.05) is 30.9 Å². The fraction of sp³-hybridized carbons (Fsp3) is 0.650. The monoisotopic (exact) mass is 385 g/mol. The molecule has 1 aliphatic heterocycles. The van der Waals surface area contributed by atoms with Gasteiger partial charge in [-0.1, -0.05) is 6.92 Å². The largest absolute Gasteiger partial charge is 0.341 e. The fourth-order valence-electron chi connectivity index (χ4n) is 3.52. The molecule has 0 aliphatic carbocycles. The van der Waals surface area contributed by atoms with Crippen molar-refractivity contribution in [3.8, 4) is 0 Å². The molecule has 3 rings (SSSR count). The molecule has 152 valence electrons. The average molecular weight is 386 g/mol. The minimum absolute atomic E-state index is 0.135. The molecule has 1 fully saturated rings. The summed E-state index contributed by atoms with van der Waals surface area (Å²) < 4.78 is 1.85. The van der Waals surface area contributed by atoms with E-state index in [9.17, 15) is 4.79 Å². The van der Waals surface area contributed by atoms with E-state index in [1.165, 1.54) is 12.8 Å². The van der Waals surface area contributed by atoms with Gasteiger partial charge in [0.05, 0.1) is 6.54 Å². The molecular formula is C20H31N7O. The fourth-order valence-corrected chi connectivity index (χ4v) is 3.52. The van der Waals surface area contributed by atoms with Crippen LogP contribution >= 0.6 is 0 Å². The molecular weight excluding hydrogens is 354 g/mol. The Bertz CT molecular complexity index is 767. The molecule has 0 aromatic carbocycles. The first-order valence-corrected chi connectivity index (χ1v) is 10.1. The van der Waals surface area contributed by atoms with Crippen molar-refractivity contribution < 1.29 is 4.79 Å². The van der Waals surface area contributed by atoms with Crippen LogP contribution in [-0.2, 0) is 24.4 Å². The Hall–Kier alpha value is -2.35. The van der Waals surface area contributed by atoms with Gasteiger partial charge in [0.1, 0.15) is 0 Å². The Balaban J connectivity index is 1.44. The maximum absolute atomic E-state index is 12.5. The zero-order chi connectivity index (χ0) is 19.9. The topological polar surface area (TPSA) is 80.0 Å². The molecule has 0 atom stereocenters. The highest BCUT2D eigenvalue weighted by Crippen LogP contribution is 2.17. The van der Waals surface area contributed by atoms with Crippen LogP contribution in [0.3, 0.4) is 0 Å². The second-order valence-electron chi connectivity index (χ2n) is 7.93. The smallest absolute Gasteiger partial charge is 0.222 e. The van der Waals surface area contributed by atoms with Gasteiger partial charge in [-0.2, -0.15) is 0 Å². The molecule has 2 aromatic heterocycles. The number of likely N-dealkylation sites (tertiary alicyclic amines) is 1. The van der Waals surface area contributed by atoms with Crippen LogP contribution in [0.4, 0.5) is 0 Å². The van der Waals surface area contributed by atoms with E-state index < -0.39 is 0 Å². The lowest BCUT2D eigenvalue weighted by Crippen LogP contribution is -2.33. The van der Waals surface area contributed by atoms with Crippen LogP contribution in [0.15, 0.2) is 18.5 Å². The van der Waals surface area contributed by atoms with Crippen LogP contribution in [-0.4, -0.2) is 61.0 Å². The number of hydrogen-bond acceptors (Lipinski definition) is 6. The van der Waals surface area contributed by atoms with E-state index in [2.05, 4.69) is 32.3 Å². The van der Waals surface area contributed by atoms with Gasteiger partial charge in [0.25, 0.3) is 0 Å². The zero-order valence-electron chi connectivity index (χ0n) is 17.2. The van der Waals surface area contributed by atoms with Gasteiger partial charge in [0.15, 0.2) is 5.82 Å². The van der Waals surface area contributed by atoms with Gasteiger partial charge in [-0.3, -0.25) is 14.7 Å². The first kappa shape index (κ1) is 20.4.